The van der Waals surface area contributed by atoms with Gasteiger partial charge in [-0.3, -0.25) is 14.7 Å². The third kappa shape index (κ3) is 4.54. The summed E-state index contributed by atoms with van der Waals surface area (Å²) in [5.41, 5.74) is 0.806. The van der Waals surface area contributed by atoms with Crippen molar-refractivity contribution in [3.8, 4) is 11.6 Å². The highest BCUT2D eigenvalue weighted by Crippen LogP contribution is 2.28. The molecule has 2 heterocycles. The summed E-state index contributed by atoms with van der Waals surface area (Å²) in [4.78, 5) is 24.4. The summed E-state index contributed by atoms with van der Waals surface area (Å²) < 4.78 is 19.3. The Morgan fingerprint density at radius 2 is 2.15 bits per heavy atom. The number of benzene rings is 1. The predicted molar refractivity (Wildman–Crippen MR) is 95.6 cm³/mol. The van der Waals surface area contributed by atoms with Crippen LogP contribution in [0.4, 0.5) is 4.39 Å². The molecule has 138 valence electrons. The molecule has 0 N–H and O–H groups in total. The number of carbonyl (C=O) groups excluding carboxylic acids is 1. The van der Waals surface area contributed by atoms with Crippen LogP contribution in [0.25, 0.3) is 0 Å². The molecule has 0 bridgehead atoms. The molecule has 0 aliphatic carbocycles. The monoisotopic (exact) mass is 358 g/mol. The van der Waals surface area contributed by atoms with Crippen LogP contribution in [0.1, 0.15) is 24.5 Å². The first-order valence-electron chi connectivity index (χ1n) is 8.70. The van der Waals surface area contributed by atoms with Gasteiger partial charge in [-0.25, -0.2) is 9.37 Å². The lowest BCUT2D eigenvalue weighted by atomic mass is 9.95. The maximum atomic E-state index is 13.8. The van der Waals surface area contributed by atoms with E-state index in [2.05, 4.69) is 14.9 Å². The number of nitrogens with zero attached hydrogens (tertiary/aromatic N) is 4. The van der Waals surface area contributed by atoms with E-state index in [0.29, 0.717) is 6.54 Å². The van der Waals surface area contributed by atoms with Crippen LogP contribution in [-0.4, -0.2) is 59.4 Å². The van der Waals surface area contributed by atoms with Gasteiger partial charge in [0.1, 0.15) is 0 Å². The lowest BCUT2D eigenvalue weighted by molar-refractivity contribution is -0.130. The zero-order valence-corrected chi connectivity index (χ0v) is 15.1. The number of hydrogen-bond donors (Lipinski definition) is 0. The topological polar surface area (TPSA) is 58.6 Å². The second-order valence-corrected chi connectivity index (χ2v) is 6.68. The number of carbonyl (C=O) groups is 1. The molecule has 26 heavy (non-hydrogen) atoms. The van der Waals surface area contributed by atoms with Crippen molar-refractivity contribution in [2.24, 2.45) is 0 Å². The molecule has 1 aromatic carbocycles. The normalized spacial score (nSPS) is 17.7. The summed E-state index contributed by atoms with van der Waals surface area (Å²) in [7, 11) is 3.53. The summed E-state index contributed by atoms with van der Waals surface area (Å²) in [5, 5.41) is 0. The second kappa shape index (κ2) is 8.23. The first-order chi connectivity index (χ1) is 12.5. The van der Waals surface area contributed by atoms with Crippen molar-refractivity contribution in [2.45, 2.75) is 18.8 Å². The molecule has 1 amide bonds. The fourth-order valence-corrected chi connectivity index (χ4v) is 3.02. The molecule has 1 atom stereocenters. The molecule has 1 saturated heterocycles. The van der Waals surface area contributed by atoms with Gasteiger partial charge in [0.2, 0.25) is 11.8 Å². The highest BCUT2D eigenvalue weighted by Gasteiger charge is 2.25. The summed E-state index contributed by atoms with van der Waals surface area (Å²) in [6.07, 6.45) is 5.16. The van der Waals surface area contributed by atoms with Crippen molar-refractivity contribution >= 4 is 5.91 Å². The molecule has 0 radical (unpaired) electrons. The average molecular weight is 358 g/mol. The molecule has 1 aromatic heterocycles. The highest BCUT2D eigenvalue weighted by molar-refractivity contribution is 5.77. The van der Waals surface area contributed by atoms with Crippen molar-refractivity contribution in [1.29, 1.82) is 0 Å². The van der Waals surface area contributed by atoms with Crippen molar-refractivity contribution in [1.82, 2.24) is 19.8 Å². The maximum Gasteiger partial charge on any atom is 0.238 e. The summed E-state index contributed by atoms with van der Waals surface area (Å²) in [6.45, 7) is 2.05. The van der Waals surface area contributed by atoms with E-state index in [4.69, 9.17) is 4.74 Å². The quantitative estimate of drug-likeness (QED) is 0.822. The first kappa shape index (κ1) is 18.3. The lowest BCUT2D eigenvalue weighted by Crippen LogP contribution is -2.41. The number of halogens is 1. The van der Waals surface area contributed by atoms with Crippen molar-refractivity contribution in [3.05, 3.63) is 48.2 Å². The first-order valence-corrected chi connectivity index (χ1v) is 8.70. The molecular weight excluding hydrogens is 335 g/mol. The molecule has 6 nitrogen and oxygen atoms in total. The van der Waals surface area contributed by atoms with Crippen LogP contribution in [0.2, 0.25) is 0 Å². The van der Waals surface area contributed by atoms with Gasteiger partial charge < -0.3 is 9.64 Å². The van der Waals surface area contributed by atoms with Crippen molar-refractivity contribution < 1.29 is 13.9 Å². The molecule has 1 aliphatic rings. The Hall–Kier alpha value is -2.54. The summed E-state index contributed by atoms with van der Waals surface area (Å²) in [5.74, 6) is 0.226. The highest BCUT2D eigenvalue weighted by atomic mass is 19.1. The maximum absolute atomic E-state index is 13.8. The van der Waals surface area contributed by atoms with E-state index in [-0.39, 0.29) is 23.5 Å². The van der Waals surface area contributed by atoms with Crippen LogP contribution < -0.4 is 4.74 Å². The number of likely N-dealkylation sites (tertiary alicyclic amines) is 1. The smallest absolute Gasteiger partial charge is 0.238 e. The second-order valence-electron chi connectivity index (χ2n) is 6.68. The van der Waals surface area contributed by atoms with E-state index in [1.165, 1.54) is 12.3 Å². The molecule has 0 unspecified atom stereocenters. The van der Waals surface area contributed by atoms with E-state index in [1.807, 2.05) is 0 Å². The largest absolute Gasteiger partial charge is 0.434 e. The minimum atomic E-state index is -0.439. The molecule has 3 rings (SSSR count). The Morgan fingerprint density at radius 3 is 2.92 bits per heavy atom. The SMILES string of the molecule is CN(C)C(=O)CN1CCC[C@@H](c2cncc(Oc3ccccc3F)n2)C1. The number of aromatic nitrogens is 2. The third-order valence-corrected chi connectivity index (χ3v) is 4.46. The van der Waals surface area contributed by atoms with Gasteiger partial charge >= 0.3 is 0 Å². The van der Waals surface area contributed by atoms with Crippen LogP contribution in [0, 0.1) is 5.82 Å². The van der Waals surface area contributed by atoms with Crippen molar-refractivity contribution in [2.75, 3.05) is 33.7 Å². The summed E-state index contributed by atoms with van der Waals surface area (Å²) in [6, 6.07) is 6.21. The molecule has 0 saturated carbocycles. The van der Waals surface area contributed by atoms with Gasteiger partial charge in [-0.05, 0) is 31.5 Å². The Balaban J connectivity index is 1.69. The van der Waals surface area contributed by atoms with E-state index in [9.17, 15) is 9.18 Å². The van der Waals surface area contributed by atoms with Gasteiger partial charge in [-0.1, -0.05) is 12.1 Å². The Labute approximate surface area is 152 Å². The molecule has 1 aliphatic heterocycles. The van der Waals surface area contributed by atoms with Crippen LogP contribution in [0.5, 0.6) is 11.6 Å². The van der Waals surface area contributed by atoms with Crippen LogP contribution in [-0.2, 0) is 4.79 Å². The standard InChI is InChI=1S/C19H23FN4O2/c1-23(2)19(25)13-24-9-5-6-14(12-24)16-10-21-11-18(22-16)26-17-8-4-3-7-15(17)20/h3-4,7-8,10-11,14H,5-6,9,12-13H2,1-2H3/t14-/m1/s1. The number of para-hydroxylation sites is 1. The Bertz CT molecular complexity index is 769. The number of hydrogen-bond acceptors (Lipinski definition) is 5. The average Bonchev–Trinajstić information content (AvgIpc) is 2.64. The van der Waals surface area contributed by atoms with Crippen molar-refractivity contribution in [3.63, 3.8) is 0 Å². The fourth-order valence-electron chi connectivity index (χ4n) is 3.02. The van der Waals surface area contributed by atoms with Crippen LogP contribution >= 0.6 is 0 Å². The molecule has 1 fully saturated rings. The van der Waals surface area contributed by atoms with Crippen LogP contribution in [0.15, 0.2) is 36.7 Å². The Morgan fingerprint density at radius 1 is 1.35 bits per heavy atom. The number of piperidine rings is 1. The van der Waals surface area contributed by atoms with Gasteiger partial charge in [0, 0.05) is 32.8 Å². The molecule has 0 spiro atoms. The number of rotatable bonds is 5. The molecule has 2 aromatic rings. The predicted octanol–water partition coefficient (Wildman–Crippen LogP) is 2.68. The van der Waals surface area contributed by atoms with Gasteiger partial charge in [0.05, 0.1) is 18.4 Å². The van der Waals surface area contributed by atoms with Crippen LogP contribution in [0.3, 0.4) is 0 Å². The third-order valence-electron chi connectivity index (χ3n) is 4.46. The zero-order chi connectivity index (χ0) is 18.5. The van der Waals surface area contributed by atoms with Gasteiger partial charge in [0.25, 0.3) is 0 Å². The van der Waals surface area contributed by atoms with E-state index < -0.39 is 5.82 Å². The minimum absolute atomic E-state index is 0.0911. The molecule has 7 heteroatoms. The number of ether oxygens (including phenoxy) is 1. The summed E-state index contributed by atoms with van der Waals surface area (Å²) >= 11 is 0. The van der Waals surface area contributed by atoms with E-state index >= 15 is 0 Å². The number of amides is 1. The van der Waals surface area contributed by atoms with E-state index in [1.54, 1.807) is 43.4 Å². The van der Waals surface area contributed by atoms with E-state index in [0.717, 1.165) is 31.6 Å². The lowest BCUT2D eigenvalue weighted by Gasteiger charge is -2.32. The molecular formula is C19H23FN4O2. The van der Waals surface area contributed by atoms with Gasteiger partial charge in [0.15, 0.2) is 11.6 Å². The van der Waals surface area contributed by atoms with Gasteiger partial charge in [-0.2, -0.15) is 0 Å². The van der Waals surface area contributed by atoms with Gasteiger partial charge in [-0.15, -0.1) is 0 Å². The number of likely N-dealkylation sites (N-methyl/N-ethyl adjacent to an activating group) is 1. The Kier molecular flexibility index (Phi) is 5.78. The fraction of sp³-hybridized carbons (Fsp3) is 0.421. The minimum Gasteiger partial charge on any atom is -0.434 e. The zero-order valence-electron chi connectivity index (χ0n) is 15.1.